The van der Waals surface area contributed by atoms with Gasteiger partial charge >= 0.3 is 11.7 Å². The number of hydrogen-bond donors (Lipinski definition) is 2. The second-order valence-electron chi connectivity index (χ2n) is 6.66. The van der Waals surface area contributed by atoms with Crippen LogP contribution in [0.4, 0.5) is 10.5 Å². The molecule has 0 bridgehead atoms. The number of anilines is 1. The summed E-state index contributed by atoms with van der Waals surface area (Å²) in [5, 5.41) is 11.8. The summed E-state index contributed by atoms with van der Waals surface area (Å²) >= 11 is 0. The lowest BCUT2D eigenvalue weighted by atomic mass is 10.0. The minimum absolute atomic E-state index is 0.0691. The van der Waals surface area contributed by atoms with E-state index in [1.165, 1.54) is 0 Å². The van der Waals surface area contributed by atoms with Gasteiger partial charge in [0.15, 0.2) is 0 Å². The maximum Gasteiger partial charge on any atom is 0.326 e. The average molecular weight is 361 g/mol. The van der Waals surface area contributed by atoms with E-state index >= 15 is 0 Å². The van der Waals surface area contributed by atoms with Crippen LogP contribution in [0.3, 0.4) is 0 Å². The molecule has 0 aliphatic carbocycles. The van der Waals surface area contributed by atoms with Crippen molar-refractivity contribution < 1.29 is 4.79 Å². The molecule has 7 heteroatoms. The number of rotatable bonds is 2. The number of carbonyl (C=O) groups excluding carboxylic acids is 1. The summed E-state index contributed by atoms with van der Waals surface area (Å²) in [6, 6.07) is 16.4. The highest BCUT2D eigenvalue weighted by molar-refractivity contribution is 5.89. The van der Waals surface area contributed by atoms with Gasteiger partial charge in [0.05, 0.1) is 22.7 Å². The normalized spacial score (nSPS) is 14.9. The van der Waals surface area contributed by atoms with Crippen LogP contribution in [0.1, 0.15) is 24.4 Å². The maximum atomic E-state index is 12.5. The van der Waals surface area contributed by atoms with Crippen molar-refractivity contribution in [3.8, 4) is 6.07 Å². The number of urea groups is 1. The Morgan fingerprint density at radius 2 is 1.93 bits per heavy atom. The molecule has 136 valence electrons. The summed E-state index contributed by atoms with van der Waals surface area (Å²) in [6.45, 7) is 1.14. The van der Waals surface area contributed by atoms with Gasteiger partial charge < -0.3 is 15.2 Å². The zero-order chi connectivity index (χ0) is 18.8. The number of hydrogen-bond acceptors (Lipinski definition) is 3. The van der Waals surface area contributed by atoms with Gasteiger partial charge in [-0.25, -0.2) is 9.59 Å². The molecule has 0 atom stereocenters. The molecule has 4 rings (SSSR count). The third-order valence-corrected chi connectivity index (χ3v) is 4.98. The van der Waals surface area contributed by atoms with Crippen LogP contribution in [0.25, 0.3) is 11.0 Å². The van der Waals surface area contributed by atoms with Crippen molar-refractivity contribution in [2.75, 3.05) is 18.4 Å². The minimum Gasteiger partial charge on any atom is -0.324 e. The number of H-pyrrole nitrogens is 1. The Balaban J connectivity index is 1.44. The Bertz CT molecular complexity index is 1080. The first-order valence-corrected chi connectivity index (χ1v) is 8.91. The number of nitrogens with zero attached hydrogens (tertiary/aromatic N) is 3. The molecule has 0 radical (unpaired) electrons. The molecule has 2 N–H and O–H groups in total. The third kappa shape index (κ3) is 3.29. The number of nitriles is 1. The number of imidazole rings is 1. The largest absolute Gasteiger partial charge is 0.326 e. The Kier molecular flexibility index (Phi) is 4.38. The summed E-state index contributed by atoms with van der Waals surface area (Å²) in [5.41, 5.74) is 2.74. The molecule has 2 amide bonds. The average Bonchev–Trinajstić information content (AvgIpc) is 3.04. The summed E-state index contributed by atoms with van der Waals surface area (Å²) in [4.78, 5) is 29.5. The first kappa shape index (κ1) is 16.9. The second-order valence-corrected chi connectivity index (χ2v) is 6.66. The zero-order valence-corrected chi connectivity index (χ0v) is 14.7. The Labute approximate surface area is 155 Å². The molecule has 1 saturated heterocycles. The number of nitrogens with one attached hydrogen (secondary N) is 2. The number of aromatic nitrogens is 2. The number of amides is 2. The van der Waals surface area contributed by atoms with Crippen LogP contribution in [0.2, 0.25) is 0 Å². The van der Waals surface area contributed by atoms with E-state index in [9.17, 15) is 9.59 Å². The molecule has 0 spiro atoms. The number of fused-ring (bicyclic) bond motifs is 1. The Morgan fingerprint density at radius 3 is 2.70 bits per heavy atom. The van der Waals surface area contributed by atoms with Gasteiger partial charge in [-0.15, -0.1) is 0 Å². The Morgan fingerprint density at radius 1 is 1.15 bits per heavy atom. The number of para-hydroxylation sites is 2. The molecule has 1 aliphatic rings. The SMILES string of the molecule is N#Cc1cccc(NC(=O)N2CCC(n3c(=O)[nH]c4ccccc43)CC2)c1. The van der Waals surface area contributed by atoms with E-state index < -0.39 is 0 Å². The van der Waals surface area contributed by atoms with E-state index in [1.54, 1.807) is 33.7 Å². The fourth-order valence-corrected chi connectivity index (χ4v) is 3.63. The predicted octanol–water partition coefficient (Wildman–Crippen LogP) is 3.07. The number of carbonyl (C=O) groups is 1. The van der Waals surface area contributed by atoms with Crippen molar-refractivity contribution in [2.45, 2.75) is 18.9 Å². The molecule has 2 heterocycles. The van der Waals surface area contributed by atoms with E-state index in [0.717, 1.165) is 11.0 Å². The van der Waals surface area contributed by atoms with Crippen LogP contribution in [-0.2, 0) is 0 Å². The molecule has 0 saturated carbocycles. The molecular formula is C20H19N5O2. The van der Waals surface area contributed by atoms with Crippen LogP contribution in [0, 0.1) is 11.3 Å². The lowest BCUT2D eigenvalue weighted by molar-refractivity contribution is 0.184. The lowest BCUT2D eigenvalue weighted by Crippen LogP contribution is -2.42. The van der Waals surface area contributed by atoms with Crippen molar-refractivity contribution in [3.63, 3.8) is 0 Å². The second kappa shape index (κ2) is 7.00. The summed E-state index contributed by atoms with van der Waals surface area (Å²) < 4.78 is 1.81. The van der Waals surface area contributed by atoms with Crippen molar-refractivity contribution in [1.82, 2.24) is 14.5 Å². The van der Waals surface area contributed by atoms with Gasteiger partial charge in [-0.3, -0.25) is 4.57 Å². The van der Waals surface area contributed by atoms with Gasteiger partial charge in [-0.05, 0) is 43.2 Å². The predicted molar refractivity (Wildman–Crippen MR) is 103 cm³/mol. The number of piperidine rings is 1. The molecule has 7 nitrogen and oxygen atoms in total. The van der Waals surface area contributed by atoms with E-state index in [4.69, 9.17) is 5.26 Å². The lowest BCUT2D eigenvalue weighted by Gasteiger charge is -2.32. The van der Waals surface area contributed by atoms with Gasteiger partial charge in [0, 0.05) is 24.8 Å². The monoisotopic (exact) mass is 361 g/mol. The summed E-state index contributed by atoms with van der Waals surface area (Å²) in [5.74, 6) is 0. The van der Waals surface area contributed by atoms with Crippen molar-refractivity contribution in [2.24, 2.45) is 0 Å². The molecule has 1 aliphatic heterocycles. The number of benzene rings is 2. The minimum atomic E-state index is -0.185. The van der Waals surface area contributed by atoms with Crippen LogP contribution in [0.5, 0.6) is 0 Å². The van der Waals surface area contributed by atoms with E-state index in [-0.39, 0.29) is 17.8 Å². The van der Waals surface area contributed by atoms with Gasteiger partial charge in [0.2, 0.25) is 0 Å². The van der Waals surface area contributed by atoms with Crippen LogP contribution in [0.15, 0.2) is 53.3 Å². The molecular weight excluding hydrogens is 342 g/mol. The fourth-order valence-electron chi connectivity index (χ4n) is 3.63. The van der Waals surface area contributed by atoms with E-state index in [1.807, 2.05) is 24.3 Å². The highest BCUT2D eigenvalue weighted by Crippen LogP contribution is 2.25. The topological polar surface area (TPSA) is 93.9 Å². The first-order chi connectivity index (χ1) is 13.2. The van der Waals surface area contributed by atoms with E-state index in [2.05, 4.69) is 16.4 Å². The third-order valence-electron chi connectivity index (χ3n) is 4.98. The van der Waals surface area contributed by atoms with Gasteiger partial charge in [0.1, 0.15) is 0 Å². The van der Waals surface area contributed by atoms with Crippen LogP contribution in [-0.4, -0.2) is 33.6 Å². The highest BCUT2D eigenvalue weighted by Gasteiger charge is 2.26. The summed E-state index contributed by atoms with van der Waals surface area (Å²) in [6.07, 6.45) is 1.43. The number of aromatic amines is 1. The Hall–Kier alpha value is -3.53. The van der Waals surface area contributed by atoms with Crippen LogP contribution >= 0.6 is 0 Å². The summed E-state index contributed by atoms with van der Waals surface area (Å²) in [7, 11) is 0. The zero-order valence-electron chi connectivity index (χ0n) is 14.7. The molecule has 3 aromatic rings. The maximum absolute atomic E-state index is 12.5. The molecule has 1 fully saturated rings. The van der Waals surface area contributed by atoms with Gasteiger partial charge in [0.25, 0.3) is 0 Å². The molecule has 2 aromatic carbocycles. The molecule has 0 unspecified atom stereocenters. The highest BCUT2D eigenvalue weighted by atomic mass is 16.2. The van der Waals surface area contributed by atoms with Gasteiger partial charge in [-0.2, -0.15) is 5.26 Å². The molecule has 1 aromatic heterocycles. The standard InChI is InChI=1S/C20H19N5O2/c21-13-14-4-3-5-15(12-14)22-19(26)24-10-8-16(9-11-24)25-18-7-2-1-6-17(18)23-20(25)27/h1-7,12,16H,8-11H2,(H,22,26)(H,23,27). The molecule has 27 heavy (non-hydrogen) atoms. The van der Waals surface area contributed by atoms with Gasteiger partial charge in [-0.1, -0.05) is 18.2 Å². The fraction of sp³-hybridized carbons (Fsp3) is 0.250. The first-order valence-electron chi connectivity index (χ1n) is 8.91. The van der Waals surface area contributed by atoms with E-state index in [0.29, 0.717) is 37.2 Å². The quantitative estimate of drug-likeness (QED) is 0.734. The van der Waals surface area contributed by atoms with Crippen molar-refractivity contribution in [3.05, 3.63) is 64.6 Å². The smallest absolute Gasteiger partial charge is 0.324 e. The van der Waals surface area contributed by atoms with Crippen molar-refractivity contribution >= 4 is 22.8 Å². The van der Waals surface area contributed by atoms with Crippen LogP contribution < -0.4 is 11.0 Å². The number of likely N-dealkylation sites (tertiary alicyclic amines) is 1. The van der Waals surface area contributed by atoms with Crippen molar-refractivity contribution in [1.29, 1.82) is 5.26 Å².